The van der Waals surface area contributed by atoms with Gasteiger partial charge in [0.1, 0.15) is 5.75 Å². The Bertz CT molecular complexity index is 585. The van der Waals surface area contributed by atoms with Crippen LogP contribution in [0.1, 0.15) is 31.0 Å². The molecule has 0 aliphatic heterocycles. The van der Waals surface area contributed by atoms with Crippen LogP contribution in [0.3, 0.4) is 0 Å². The van der Waals surface area contributed by atoms with Crippen LogP contribution < -0.4 is 10.1 Å². The van der Waals surface area contributed by atoms with Gasteiger partial charge in [-0.2, -0.15) is 0 Å². The van der Waals surface area contributed by atoms with Crippen LogP contribution in [0.15, 0.2) is 48.5 Å². The highest BCUT2D eigenvalue weighted by Gasteiger charge is 2.13. The number of rotatable bonds is 6. The van der Waals surface area contributed by atoms with E-state index in [1.54, 1.807) is 7.11 Å². The largest absolute Gasteiger partial charge is 0.496 e. The van der Waals surface area contributed by atoms with E-state index in [1.165, 1.54) is 11.1 Å². The molecule has 0 aliphatic carbocycles. The molecule has 2 nitrogen and oxygen atoms in total. The molecule has 0 bridgehead atoms. The second kappa shape index (κ2) is 7.48. The molecule has 2 aromatic carbocycles. The van der Waals surface area contributed by atoms with Crippen molar-refractivity contribution in [3.05, 3.63) is 64.7 Å². The molecular formula is C18H22ClNO. The molecule has 0 saturated carbocycles. The average Bonchev–Trinajstić information content (AvgIpc) is 2.47. The lowest BCUT2D eigenvalue weighted by Crippen LogP contribution is -2.30. The van der Waals surface area contributed by atoms with Crippen molar-refractivity contribution in [3.8, 4) is 5.75 Å². The van der Waals surface area contributed by atoms with Gasteiger partial charge < -0.3 is 10.1 Å². The Labute approximate surface area is 132 Å². The predicted molar refractivity (Wildman–Crippen MR) is 89.2 cm³/mol. The van der Waals surface area contributed by atoms with Crippen LogP contribution >= 0.6 is 11.6 Å². The number of para-hydroxylation sites is 1. The van der Waals surface area contributed by atoms with Gasteiger partial charge in [-0.15, -0.1) is 0 Å². The number of hydrogen-bond donors (Lipinski definition) is 1. The van der Waals surface area contributed by atoms with E-state index in [0.717, 1.165) is 17.2 Å². The summed E-state index contributed by atoms with van der Waals surface area (Å²) in [5, 5.41) is 4.41. The van der Waals surface area contributed by atoms with Crippen LogP contribution in [-0.2, 0) is 6.42 Å². The molecule has 2 rings (SSSR count). The van der Waals surface area contributed by atoms with E-state index >= 15 is 0 Å². The molecule has 2 aromatic rings. The third kappa shape index (κ3) is 4.48. The molecule has 0 amide bonds. The van der Waals surface area contributed by atoms with E-state index in [2.05, 4.69) is 31.3 Å². The highest BCUT2D eigenvalue weighted by Crippen LogP contribution is 2.25. The zero-order chi connectivity index (χ0) is 15.2. The van der Waals surface area contributed by atoms with E-state index in [-0.39, 0.29) is 6.04 Å². The summed E-state index contributed by atoms with van der Waals surface area (Å²) in [7, 11) is 1.71. The quantitative estimate of drug-likeness (QED) is 0.840. The second-order valence-electron chi connectivity index (χ2n) is 5.37. The van der Waals surface area contributed by atoms with Gasteiger partial charge in [0.2, 0.25) is 0 Å². The first-order chi connectivity index (χ1) is 10.1. The van der Waals surface area contributed by atoms with Crippen LogP contribution in [0.4, 0.5) is 0 Å². The molecular weight excluding hydrogens is 282 g/mol. The molecule has 0 aliphatic rings. The van der Waals surface area contributed by atoms with E-state index in [1.807, 2.05) is 36.4 Å². The van der Waals surface area contributed by atoms with E-state index < -0.39 is 0 Å². The number of methoxy groups -OCH3 is 1. The lowest BCUT2D eigenvalue weighted by Gasteiger charge is -2.22. The molecule has 1 N–H and O–H groups in total. The second-order valence-corrected chi connectivity index (χ2v) is 5.80. The monoisotopic (exact) mass is 303 g/mol. The molecule has 0 aromatic heterocycles. The minimum Gasteiger partial charge on any atom is -0.496 e. The number of nitrogens with one attached hydrogen (secondary N) is 1. The average molecular weight is 304 g/mol. The van der Waals surface area contributed by atoms with Crippen LogP contribution in [-0.4, -0.2) is 13.2 Å². The van der Waals surface area contributed by atoms with E-state index in [4.69, 9.17) is 16.3 Å². The molecule has 0 radical (unpaired) electrons. The van der Waals surface area contributed by atoms with Crippen molar-refractivity contribution >= 4 is 11.6 Å². The van der Waals surface area contributed by atoms with Gasteiger partial charge in [-0.05, 0) is 44.0 Å². The summed E-state index contributed by atoms with van der Waals surface area (Å²) in [6, 6.07) is 16.7. The Morgan fingerprint density at radius 1 is 1.10 bits per heavy atom. The molecule has 0 saturated heterocycles. The molecule has 2 atom stereocenters. The SMILES string of the molecule is COc1ccccc1C(C)NC(C)Cc1cccc(Cl)c1. The Morgan fingerprint density at radius 2 is 1.86 bits per heavy atom. The van der Waals surface area contributed by atoms with Crippen molar-refractivity contribution in [2.45, 2.75) is 32.4 Å². The summed E-state index contributed by atoms with van der Waals surface area (Å²) in [5.74, 6) is 0.924. The smallest absolute Gasteiger partial charge is 0.123 e. The Morgan fingerprint density at radius 3 is 2.57 bits per heavy atom. The van der Waals surface area contributed by atoms with Gasteiger partial charge in [0, 0.05) is 22.7 Å². The van der Waals surface area contributed by atoms with Crippen molar-refractivity contribution in [2.75, 3.05) is 7.11 Å². The van der Waals surface area contributed by atoms with Crippen molar-refractivity contribution in [2.24, 2.45) is 0 Å². The number of halogens is 1. The maximum Gasteiger partial charge on any atom is 0.123 e. The maximum atomic E-state index is 6.03. The predicted octanol–water partition coefficient (Wildman–Crippen LogP) is 4.63. The van der Waals surface area contributed by atoms with Crippen molar-refractivity contribution in [1.29, 1.82) is 0 Å². The third-order valence-corrected chi connectivity index (χ3v) is 3.81. The number of ether oxygens (including phenoxy) is 1. The first-order valence-electron chi connectivity index (χ1n) is 7.23. The fourth-order valence-corrected chi connectivity index (χ4v) is 2.83. The fourth-order valence-electron chi connectivity index (χ4n) is 2.62. The van der Waals surface area contributed by atoms with Crippen molar-refractivity contribution < 1.29 is 4.74 Å². The number of hydrogen-bond acceptors (Lipinski definition) is 2. The van der Waals surface area contributed by atoms with Gasteiger partial charge in [-0.3, -0.25) is 0 Å². The number of benzene rings is 2. The van der Waals surface area contributed by atoms with Gasteiger partial charge in [0.15, 0.2) is 0 Å². The summed E-state index contributed by atoms with van der Waals surface area (Å²) >= 11 is 6.03. The standard InChI is InChI=1S/C18H22ClNO/c1-13(11-15-7-6-8-16(19)12-15)20-14(2)17-9-4-5-10-18(17)21-3/h4-10,12-14,20H,11H2,1-3H3. The Kier molecular flexibility index (Phi) is 5.66. The normalized spacial score (nSPS) is 13.7. The lowest BCUT2D eigenvalue weighted by molar-refractivity contribution is 0.395. The molecule has 2 unspecified atom stereocenters. The lowest BCUT2D eigenvalue weighted by atomic mass is 10.0. The van der Waals surface area contributed by atoms with Gasteiger partial charge >= 0.3 is 0 Å². The van der Waals surface area contributed by atoms with Crippen molar-refractivity contribution in [3.63, 3.8) is 0 Å². The van der Waals surface area contributed by atoms with Gasteiger partial charge in [-0.1, -0.05) is 41.9 Å². The van der Waals surface area contributed by atoms with E-state index in [0.29, 0.717) is 6.04 Å². The maximum absolute atomic E-state index is 6.03. The highest BCUT2D eigenvalue weighted by atomic mass is 35.5. The summed E-state index contributed by atoms with van der Waals surface area (Å²) in [6.45, 7) is 4.35. The molecule has 21 heavy (non-hydrogen) atoms. The summed E-state index contributed by atoms with van der Waals surface area (Å²) in [5.41, 5.74) is 2.42. The van der Waals surface area contributed by atoms with Gasteiger partial charge in [0.05, 0.1) is 7.11 Å². The zero-order valence-electron chi connectivity index (χ0n) is 12.8. The first-order valence-corrected chi connectivity index (χ1v) is 7.61. The zero-order valence-corrected chi connectivity index (χ0v) is 13.5. The van der Waals surface area contributed by atoms with Crippen LogP contribution in [0, 0.1) is 0 Å². The Balaban J connectivity index is 2.00. The van der Waals surface area contributed by atoms with Crippen LogP contribution in [0.25, 0.3) is 0 Å². The van der Waals surface area contributed by atoms with E-state index in [9.17, 15) is 0 Å². The Hall–Kier alpha value is -1.51. The minimum atomic E-state index is 0.232. The molecule has 0 heterocycles. The molecule has 3 heteroatoms. The van der Waals surface area contributed by atoms with Crippen LogP contribution in [0.2, 0.25) is 5.02 Å². The molecule has 0 fully saturated rings. The molecule has 0 spiro atoms. The fraction of sp³-hybridized carbons (Fsp3) is 0.333. The molecule has 112 valence electrons. The van der Waals surface area contributed by atoms with Crippen molar-refractivity contribution in [1.82, 2.24) is 5.32 Å². The van der Waals surface area contributed by atoms with Crippen LogP contribution in [0.5, 0.6) is 5.75 Å². The minimum absolute atomic E-state index is 0.232. The van der Waals surface area contributed by atoms with Gasteiger partial charge in [-0.25, -0.2) is 0 Å². The first kappa shape index (κ1) is 15.9. The summed E-state index contributed by atoms with van der Waals surface area (Å²) < 4.78 is 5.42. The third-order valence-electron chi connectivity index (χ3n) is 3.57. The highest BCUT2D eigenvalue weighted by molar-refractivity contribution is 6.30. The topological polar surface area (TPSA) is 21.3 Å². The summed E-state index contributed by atoms with van der Waals surface area (Å²) in [4.78, 5) is 0. The summed E-state index contributed by atoms with van der Waals surface area (Å²) in [6.07, 6.45) is 0.944. The van der Waals surface area contributed by atoms with Gasteiger partial charge in [0.25, 0.3) is 0 Å².